The maximum atomic E-state index is 5.34. The molecule has 1 radical (unpaired) electrons. The molecule has 0 atom stereocenters. The van der Waals surface area contributed by atoms with Crippen molar-refractivity contribution in [3.05, 3.63) is 6.92 Å². The summed E-state index contributed by atoms with van der Waals surface area (Å²) in [6.07, 6.45) is 19.4. The van der Waals surface area contributed by atoms with Crippen molar-refractivity contribution in [1.29, 1.82) is 0 Å². The van der Waals surface area contributed by atoms with Crippen LogP contribution in [0.1, 0.15) is 96.8 Å². The van der Waals surface area contributed by atoms with E-state index in [1.807, 2.05) is 0 Å². The highest BCUT2D eigenvalue weighted by atomic mass is 16.5. The Morgan fingerprint density at radius 2 is 0.947 bits per heavy atom. The Morgan fingerprint density at radius 3 is 1.32 bits per heavy atom. The van der Waals surface area contributed by atoms with Gasteiger partial charge in [-0.3, -0.25) is 0 Å². The lowest BCUT2D eigenvalue weighted by molar-refractivity contribution is 0.143. The van der Waals surface area contributed by atoms with E-state index in [-0.39, 0.29) is 0 Å². The van der Waals surface area contributed by atoms with Gasteiger partial charge in [0.2, 0.25) is 0 Å². The Morgan fingerprint density at radius 1 is 0.579 bits per heavy atom. The quantitative estimate of drug-likeness (QED) is 0.298. The monoisotopic (exact) mass is 269 g/mol. The number of hydrogen-bond acceptors (Lipinski definition) is 1. The van der Waals surface area contributed by atoms with E-state index in [0.717, 1.165) is 19.6 Å². The number of unbranched alkanes of at least 4 members (excludes halogenated alkanes) is 13. The van der Waals surface area contributed by atoms with Crippen LogP contribution in [0.3, 0.4) is 0 Å². The minimum Gasteiger partial charge on any atom is -0.382 e. The van der Waals surface area contributed by atoms with Gasteiger partial charge in [0.05, 0.1) is 0 Å². The van der Waals surface area contributed by atoms with Crippen LogP contribution in [0, 0.1) is 6.92 Å². The second kappa shape index (κ2) is 18.0. The zero-order valence-corrected chi connectivity index (χ0v) is 13.4. The molecule has 0 spiro atoms. The normalized spacial score (nSPS) is 11.1. The summed E-state index contributed by atoms with van der Waals surface area (Å²) in [5.41, 5.74) is 0. The molecule has 0 saturated heterocycles. The molecule has 115 valence electrons. The van der Waals surface area contributed by atoms with Crippen molar-refractivity contribution in [2.24, 2.45) is 0 Å². The second-order valence-corrected chi connectivity index (χ2v) is 5.65. The minimum absolute atomic E-state index is 0.870. The van der Waals surface area contributed by atoms with Crippen LogP contribution in [0.25, 0.3) is 0 Å². The Hall–Kier alpha value is -0.0400. The molecule has 0 aliphatic rings. The number of ether oxygens (including phenoxy) is 1. The molecule has 0 rings (SSSR count). The first-order chi connectivity index (χ1) is 9.41. The molecule has 0 aromatic heterocycles. The van der Waals surface area contributed by atoms with Gasteiger partial charge < -0.3 is 4.74 Å². The average molecular weight is 269 g/mol. The van der Waals surface area contributed by atoms with Crippen LogP contribution < -0.4 is 0 Å². The van der Waals surface area contributed by atoms with Gasteiger partial charge >= 0.3 is 0 Å². The first-order valence-corrected chi connectivity index (χ1v) is 8.78. The predicted octanol–water partition coefficient (Wildman–Crippen LogP) is 6.32. The summed E-state index contributed by atoms with van der Waals surface area (Å²) in [5, 5.41) is 0. The summed E-state index contributed by atoms with van der Waals surface area (Å²) in [5.74, 6) is 0. The maximum absolute atomic E-state index is 5.34. The first kappa shape index (κ1) is 19.0. The van der Waals surface area contributed by atoms with Crippen LogP contribution in [-0.4, -0.2) is 13.2 Å². The lowest BCUT2D eigenvalue weighted by atomic mass is 10.0. The molecule has 0 amide bonds. The van der Waals surface area contributed by atoms with E-state index < -0.39 is 0 Å². The lowest BCUT2D eigenvalue weighted by Gasteiger charge is -2.03. The standard InChI is InChI=1S/C18H37O/c1-3-5-6-7-8-9-10-11-12-13-14-15-16-17-18-19-4-2/h1,3-18H2,2H3. The fourth-order valence-electron chi connectivity index (χ4n) is 2.47. The highest BCUT2D eigenvalue weighted by Gasteiger charge is 1.94. The van der Waals surface area contributed by atoms with Crippen LogP contribution in [0.15, 0.2) is 0 Å². The van der Waals surface area contributed by atoms with E-state index in [0.29, 0.717) is 0 Å². The van der Waals surface area contributed by atoms with Crippen molar-refractivity contribution in [3.63, 3.8) is 0 Å². The van der Waals surface area contributed by atoms with E-state index in [9.17, 15) is 0 Å². The Balaban J connectivity index is 2.88. The molecule has 0 bridgehead atoms. The molecule has 0 aromatic rings. The van der Waals surface area contributed by atoms with Crippen LogP contribution >= 0.6 is 0 Å². The van der Waals surface area contributed by atoms with E-state index in [1.165, 1.54) is 83.5 Å². The molecule has 0 aliphatic carbocycles. The Labute approximate surface area is 122 Å². The van der Waals surface area contributed by atoms with Crippen LogP contribution in [0.4, 0.5) is 0 Å². The largest absolute Gasteiger partial charge is 0.382 e. The van der Waals surface area contributed by atoms with Gasteiger partial charge in [0.15, 0.2) is 0 Å². The molecule has 1 heteroatoms. The van der Waals surface area contributed by atoms with Crippen molar-refractivity contribution < 1.29 is 4.74 Å². The van der Waals surface area contributed by atoms with Gasteiger partial charge in [0, 0.05) is 13.2 Å². The van der Waals surface area contributed by atoms with Crippen LogP contribution in [0.2, 0.25) is 0 Å². The van der Waals surface area contributed by atoms with Crippen molar-refractivity contribution in [1.82, 2.24) is 0 Å². The third kappa shape index (κ3) is 18.0. The summed E-state index contributed by atoms with van der Waals surface area (Å²) in [6.45, 7) is 7.79. The summed E-state index contributed by atoms with van der Waals surface area (Å²) in [6, 6.07) is 0. The second-order valence-electron chi connectivity index (χ2n) is 5.65. The smallest absolute Gasteiger partial charge is 0.0465 e. The van der Waals surface area contributed by atoms with E-state index in [4.69, 9.17) is 4.74 Å². The number of rotatable bonds is 16. The van der Waals surface area contributed by atoms with Crippen LogP contribution in [-0.2, 0) is 4.74 Å². The molecule has 0 heterocycles. The van der Waals surface area contributed by atoms with Gasteiger partial charge in [-0.2, -0.15) is 0 Å². The van der Waals surface area contributed by atoms with Gasteiger partial charge in [-0.1, -0.05) is 90.4 Å². The van der Waals surface area contributed by atoms with E-state index in [1.54, 1.807) is 0 Å². The Kier molecular flexibility index (Phi) is 17.9. The highest BCUT2D eigenvalue weighted by molar-refractivity contribution is 4.49. The summed E-state index contributed by atoms with van der Waals surface area (Å²) in [4.78, 5) is 0. The van der Waals surface area contributed by atoms with Crippen LogP contribution in [0.5, 0.6) is 0 Å². The third-order valence-electron chi connectivity index (χ3n) is 3.74. The molecule has 0 saturated carbocycles. The SMILES string of the molecule is [CH2]CCCCCCCCCCCCCCCOCC. The van der Waals surface area contributed by atoms with E-state index >= 15 is 0 Å². The average Bonchev–Trinajstić information content (AvgIpc) is 2.43. The third-order valence-corrected chi connectivity index (χ3v) is 3.74. The first-order valence-electron chi connectivity index (χ1n) is 8.78. The van der Waals surface area contributed by atoms with Gasteiger partial charge in [0.1, 0.15) is 0 Å². The van der Waals surface area contributed by atoms with E-state index in [2.05, 4.69) is 13.8 Å². The zero-order chi connectivity index (χ0) is 14.0. The topological polar surface area (TPSA) is 9.23 Å². The molecule has 0 aromatic carbocycles. The molecular formula is C18H37O. The molecular weight excluding hydrogens is 232 g/mol. The zero-order valence-electron chi connectivity index (χ0n) is 13.4. The summed E-state index contributed by atoms with van der Waals surface area (Å²) in [7, 11) is 0. The van der Waals surface area contributed by atoms with Gasteiger partial charge in [0.25, 0.3) is 0 Å². The summed E-state index contributed by atoms with van der Waals surface area (Å²) >= 11 is 0. The fraction of sp³-hybridized carbons (Fsp3) is 0.944. The number of hydrogen-bond donors (Lipinski definition) is 0. The molecule has 19 heavy (non-hydrogen) atoms. The lowest BCUT2D eigenvalue weighted by Crippen LogP contribution is -1.92. The van der Waals surface area contributed by atoms with Gasteiger partial charge in [-0.05, 0) is 13.3 Å². The molecule has 0 unspecified atom stereocenters. The van der Waals surface area contributed by atoms with Crippen molar-refractivity contribution in [3.8, 4) is 0 Å². The predicted molar refractivity (Wildman–Crippen MR) is 86.5 cm³/mol. The molecule has 0 fully saturated rings. The Bertz CT molecular complexity index is 129. The van der Waals surface area contributed by atoms with Gasteiger partial charge in [-0.15, -0.1) is 0 Å². The highest BCUT2D eigenvalue weighted by Crippen LogP contribution is 2.12. The van der Waals surface area contributed by atoms with Gasteiger partial charge in [-0.25, -0.2) is 0 Å². The maximum Gasteiger partial charge on any atom is 0.0465 e. The molecule has 0 aliphatic heterocycles. The molecule has 0 N–H and O–H groups in total. The minimum atomic E-state index is 0.870. The molecule has 1 nitrogen and oxygen atoms in total. The summed E-state index contributed by atoms with van der Waals surface area (Å²) < 4.78 is 5.34. The van der Waals surface area contributed by atoms with Crippen molar-refractivity contribution in [2.75, 3.05) is 13.2 Å². The van der Waals surface area contributed by atoms with Crippen molar-refractivity contribution >= 4 is 0 Å². The fourth-order valence-corrected chi connectivity index (χ4v) is 2.47. The van der Waals surface area contributed by atoms with Crippen molar-refractivity contribution in [2.45, 2.75) is 96.8 Å².